The smallest absolute Gasteiger partial charge is 0.119 e. The molecule has 2 nitrogen and oxygen atoms in total. The number of aromatic hydroxyl groups is 1. The molecule has 84 valence electrons. The van der Waals surface area contributed by atoms with E-state index in [4.69, 9.17) is 5.11 Å². The van der Waals surface area contributed by atoms with E-state index in [0.29, 0.717) is 12.2 Å². The van der Waals surface area contributed by atoms with Crippen LogP contribution in [0.5, 0.6) is 5.75 Å². The Morgan fingerprint density at radius 3 is 1.87 bits per heavy atom. The summed E-state index contributed by atoms with van der Waals surface area (Å²) in [5, 5.41) is 9.02. The summed E-state index contributed by atoms with van der Waals surface area (Å²) in [5.41, 5.74) is 1.42. The Hall–Kier alpha value is -1.31. The molecule has 0 heterocycles. The third-order valence-electron chi connectivity index (χ3n) is 1.90. The quantitative estimate of drug-likeness (QED) is 0.719. The maximum absolute atomic E-state index is 9.17. The molecule has 1 rings (SSSR count). The minimum atomic E-state index is 0.174. The van der Waals surface area contributed by atoms with Crippen LogP contribution in [0.4, 0.5) is 0 Å². The molecule has 0 spiro atoms. The first-order valence-corrected chi connectivity index (χ1v) is 5.15. The molecule has 1 aromatic carbocycles. The van der Waals surface area contributed by atoms with Gasteiger partial charge in [-0.05, 0) is 23.1 Å². The first-order chi connectivity index (χ1) is 6.91. The molecule has 0 fully saturated rings. The molecule has 0 aliphatic rings. The van der Waals surface area contributed by atoms with Gasteiger partial charge < -0.3 is 9.90 Å². The number of carbonyl (C=O) groups excluding carboxylic acids is 1. The van der Waals surface area contributed by atoms with Gasteiger partial charge >= 0.3 is 0 Å². The second kappa shape index (κ2) is 6.23. The summed E-state index contributed by atoms with van der Waals surface area (Å²) < 4.78 is 0. The van der Waals surface area contributed by atoms with E-state index < -0.39 is 0 Å². The largest absolute Gasteiger partial charge is 0.508 e. The van der Waals surface area contributed by atoms with Gasteiger partial charge in [0.25, 0.3) is 0 Å². The van der Waals surface area contributed by atoms with Crippen LogP contribution in [-0.2, 0) is 10.2 Å². The van der Waals surface area contributed by atoms with Crippen LogP contribution in [0.2, 0.25) is 0 Å². The van der Waals surface area contributed by atoms with Gasteiger partial charge in [0.1, 0.15) is 12.0 Å². The summed E-state index contributed by atoms with van der Waals surface area (Å²) >= 11 is 0. The average molecular weight is 208 g/mol. The lowest BCUT2D eigenvalue weighted by Crippen LogP contribution is -2.10. The van der Waals surface area contributed by atoms with Gasteiger partial charge in [-0.15, -0.1) is 0 Å². The molecule has 1 aromatic rings. The molecule has 0 aliphatic heterocycles. The van der Waals surface area contributed by atoms with E-state index in [1.807, 2.05) is 19.1 Å². The Kier molecular flexibility index (Phi) is 5.68. The Labute approximate surface area is 91.9 Å². The Bertz CT molecular complexity index is 280. The fourth-order valence-electron chi connectivity index (χ4n) is 0.961. The summed E-state index contributed by atoms with van der Waals surface area (Å²) in [6.45, 7) is 8.27. The van der Waals surface area contributed by atoms with Crippen LogP contribution in [0.3, 0.4) is 0 Å². The zero-order valence-electron chi connectivity index (χ0n) is 9.95. The van der Waals surface area contributed by atoms with Crippen molar-refractivity contribution in [1.82, 2.24) is 0 Å². The molecule has 1 N–H and O–H groups in total. The molecule has 0 atom stereocenters. The van der Waals surface area contributed by atoms with Crippen LogP contribution in [0.25, 0.3) is 0 Å². The van der Waals surface area contributed by atoms with Gasteiger partial charge in [0.2, 0.25) is 0 Å². The summed E-state index contributed by atoms with van der Waals surface area (Å²) in [4.78, 5) is 9.17. The highest BCUT2D eigenvalue weighted by molar-refractivity contribution is 5.48. The van der Waals surface area contributed by atoms with Crippen molar-refractivity contribution in [3.8, 4) is 5.75 Å². The highest BCUT2D eigenvalue weighted by Crippen LogP contribution is 2.23. The van der Waals surface area contributed by atoms with E-state index in [0.717, 1.165) is 6.29 Å². The van der Waals surface area contributed by atoms with Crippen molar-refractivity contribution in [2.75, 3.05) is 0 Å². The average Bonchev–Trinajstić information content (AvgIpc) is 2.17. The highest BCUT2D eigenvalue weighted by Gasteiger charge is 2.12. The van der Waals surface area contributed by atoms with Crippen LogP contribution in [0, 0.1) is 0 Å². The van der Waals surface area contributed by atoms with Crippen LogP contribution in [0.15, 0.2) is 24.3 Å². The molecule has 0 unspecified atom stereocenters. The zero-order chi connectivity index (χ0) is 11.9. The first kappa shape index (κ1) is 13.7. The molecule has 0 saturated heterocycles. The van der Waals surface area contributed by atoms with E-state index in [2.05, 4.69) is 20.8 Å². The molecule has 2 heteroatoms. The van der Waals surface area contributed by atoms with Crippen molar-refractivity contribution in [3.63, 3.8) is 0 Å². The van der Waals surface area contributed by atoms with E-state index >= 15 is 0 Å². The lowest BCUT2D eigenvalue weighted by molar-refractivity contribution is -0.107. The second-order valence-electron chi connectivity index (χ2n) is 4.37. The number of aldehydes is 1. The molecule has 0 aromatic heterocycles. The van der Waals surface area contributed by atoms with Gasteiger partial charge in [0.15, 0.2) is 0 Å². The number of rotatable bonds is 1. The van der Waals surface area contributed by atoms with E-state index in [9.17, 15) is 4.79 Å². The van der Waals surface area contributed by atoms with Crippen molar-refractivity contribution in [2.45, 2.75) is 39.5 Å². The zero-order valence-corrected chi connectivity index (χ0v) is 9.95. The van der Waals surface area contributed by atoms with Crippen molar-refractivity contribution >= 4 is 6.29 Å². The molecule has 0 saturated carbocycles. The molecule has 0 aliphatic carbocycles. The summed E-state index contributed by atoms with van der Waals surface area (Å²) in [5.74, 6) is 0.331. The third kappa shape index (κ3) is 5.89. The van der Waals surface area contributed by atoms with Gasteiger partial charge in [0.05, 0.1) is 0 Å². The number of carbonyl (C=O) groups is 1. The van der Waals surface area contributed by atoms with Crippen LogP contribution >= 0.6 is 0 Å². The number of phenols is 1. The Balaban J connectivity index is 0.000000423. The topological polar surface area (TPSA) is 37.3 Å². The number of phenolic OH excluding ortho intramolecular Hbond substituents is 1. The molecule has 0 amide bonds. The standard InChI is InChI=1S/C10H14O.C3H6O/c1-10(2,3)8-4-6-9(11)7-5-8;1-2-3-4/h4-7,11H,1-3H3;3H,2H2,1H3. The van der Waals surface area contributed by atoms with Gasteiger partial charge in [0, 0.05) is 6.42 Å². The summed E-state index contributed by atoms with van der Waals surface area (Å²) in [6, 6.07) is 7.35. The van der Waals surface area contributed by atoms with E-state index in [1.54, 1.807) is 12.1 Å². The summed E-state index contributed by atoms with van der Waals surface area (Å²) in [6.07, 6.45) is 1.51. The van der Waals surface area contributed by atoms with Gasteiger partial charge in [-0.1, -0.05) is 39.8 Å². The van der Waals surface area contributed by atoms with E-state index in [-0.39, 0.29) is 5.41 Å². The lowest BCUT2D eigenvalue weighted by atomic mass is 9.87. The van der Waals surface area contributed by atoms with Crippen LogP contribution in [0.1, 0.15) is 39.7 Å². The minimum Gasteiger partial charge on any atom is -0.508 e. The molecule has 0 bridgehead atoms. The molecular weight excluding hydrogens is 188 g/mol. The summed E-state index contributed by atoms with van der Waals surface area (Å²) in [7, 11) is 0. The second-order valence-corrected chi connectivity index (χ2v) is 4.37. The SMILES string of the molecule is CC(C)(C)c1ccc(O)cc1.CCC=O. The van der Waals surface area contributed by atoms with E-state index in [1.165, 1.54) is 5.56 Å². The first-order valence-electron chi connectivity index (χ1n) is 5.15. The van der Waals surface area contributed by atoms with Crippen LogP contribution in [-0.4, -0.2) is 11.4 Å². The van der Waals surface area contributed by atoms with Gasteiger partial charge in [-0.25, -0.2) is 0 Å². The minimum absolute atomic E-state index is 0.174. The van der Waals surface area contributed by atoms with Gasteiger partial charge in [-0.3, -0.25) is 0 Å². The number of benzene rings is 1. The Morgan fingerprint density at radius 2 is 1.60 bits per heavy atom. The highest BCUT2D eigenvalue weighted by atomic mass is 16.3. The fraction of sp³-hybridized carbons (Fsp3) is 0.462. The predicted octanol–water partition coefficient (Wildman–Crippen LogP) is 3.29. The predicted molar refractivity (Wildman–Crippen MR) is 63.2 cm³/mol. The number of hydrogen-bond acceptors (Lipinski definition) is 2. The van der Waals surface area contributed by atoms with Crippen molar-refractivity contribution in [2.24, 2.45) is 0 Å². The number of hydrogen-bond donors (Lipinski definition) is 1. The Morgan fingerprint density at radius 1 is 1.20 bits per heavy atom. The molecular formula is C13H20O2. The third-order valence-corrected chi connectivity index (χ3v) is 1.90. The fourth-order valence-corrected chi connectivity index (χ4v) is 0.961. The van der Waals surface area contributed by atoms with Crippen molar-refractivity contribution < 1.29 is 9.90 Å². The molecule has 15 heavy (non-hydrogen) atoms. The monoisotopic (exact) mass is 208 g/mol. The molecule has 0 radical (unpaired) electrons. The normalized spacial score (nSPS) is 10.1. The maximum atomic E-state index is 9.17. The van der Waals surface area contributed by atoms with Crippen LogP contribution < -0.4 is 0 Å². The van der Waals surface area contributed by atoms with Gasteiger partial charge in [-0.2, -0.15) is 0 Å². The van der Waals surface area contributed by atoms with Crippen molar-refractivity contribution in [3.05, 3.63) is 29.8 Å². The van der Waals surface area contributed by atoms with Crippen molar-refractivity contribution in [1.29, 1.82) is 0 Å². The maximum Gasteiger partial charge on any atom is 0.119 e. The lowest BCUT2D eigenvalue weighted by Gasteiger charge is -2.18.